The molecule has 55 heavy (non-hydrogen) atoms. The van der Waals surface area contributed by atoms with Crippen LogP contribution in [0.25, 0.3) is 33.4 Å². The number of hydrogen-bond acceptors (Lipinski definition) is 2. The van der Waals surface area contributed by atoms with Crippen LogP contribution >= 0.6 is 0 Å². The average molecular weight is 715 g/mol. The second kappa shape index (κ2) is 10.2. The molecular formula is C51H35BN2Si. The third-order valence-electron chi connectivity index (χ3n) is 13.6. The van der Waals surface area contributed by atoms with E-state index in [0.717, 1.165) is 0 Å². The van der Waals surface area contributed by atoms with Crippen molar-refractivity contribution < 1.29 is 0 Å². The minimum Gasteiger partial charge on any atom is -0.377 e. The highest BCUT2D eigenvalue weighted by atomic mass is 28.3. The number of anilines is 5. The summed E-state index contributed by atoms with van der Waals surface area (Å²) in [6.45, 7) is 5.08. The number of benzene rings is 8. The van der Waals surface area contributed by atoms with Crippen LogP contribution in [-0.2, 0) is 5.41 Å². The van der Waals surface area contributed by atoms with Crippen molar-refractivity contribution in [2.75, 3.05) is 9.71 Å². The van der Waals surface area contributed by atoms with Crippen LogP contribution in [0.5, 0.6) is 0 Å². The van der Waals surface area contributed by atoms with Gasteiger partial charge in [0.1, 0.15) is 8.07 Å². The molecule has 0 amide bonds. The largest absolute Gasteiger partial charge is 0.377 e. The summed E-state index contributed by atoms with van der Waals surface area (Å²) in [4.78, 5) is 5.41. The minimum absolute atomic E-state index is 0.00451. The Morgan fingerprint density at radius 1 is 0.436 bits per heavy atom. The number of fused-ring (bicyclic) bond motifs is 15. The number of rotatable bonds is 1. The first-order chi connectivity index (χ1) is 27.1. The molecule has 0 saturated heterocycles. The van der Waals surface area contributed by atoms with Crippen LogP contribution in [-0.4, -0.2) is 14.9 Å². The molecule has 4 heteroatoms. The lowest BCUT2D eigenvalue weighted by Gasteiger charge is -2.53. The molecule has 0 radical (unpaired) electrons. The monoisotopic (exact) mass is 714 g/mol. The summed E-state index contributed by atoms with van der Waals surface area (Å²) in [6, 6.07) is 67.3. The van der Waals surface area contributed by atoms with E-state index in [9.17, 15) is 0 Å². The Labute approximate surface area is 323 Å². The fourth-order valence-electron chi connectivity index (χ4n) is 11.5. The molecule has 256 valence electrons. The molecule has 1 aliphatic carbocycles. The molecule has 0 bridgehead atoms. The van der Waals surface area contributed by atoms with Crippen LogP contribution in [0.1, 0.15) is 22.3 Å². The quantitative estimate of drug-likeness (QED) is 0.156. The summed E-state index contributed by atoms with van der Waals surface area (Å²) < 4.78 is 0. The number of para-hydroxylation sites is 4. The summed E-state index contributed by atoms with van der Waals surface area (Å²) in [6.07, 6.45) is 0. The first-order valence-corrected chi connectivity index (χ1v) is 22.6. The number of nitrogens with zero attached hydrogens (tertiary/aromatic N) is 2. The Kier molecular flexibility index (Phi) is 5.59. The van der Waals surface area contributed by atoms with E-state index >= 15 is 0 Å². The van der Waals surface area contributed by atoms with Gasteiger partial charge in [0.2, 0.25) is 0 Å². The number of hydrogen-bond donors (Lipinski definition) is 0. The van der Waals surface area contributed by atoms with E-state index < -0.39 is 13.5 Å². The van der Waals surface area contributed by atoms with E-state index in [2.05, 4.69) is 199 Å². The molecule has 2 nitrogen and oxygen atoms in total. The molecule has 1 spiro atoms. The van der Waals surface area contributed by atoms with Gasteiger partial charge in [-0.15, -0.1) is 0 Å². The van der Waals surface area contributed by atoms with Gasteiger partial charge in [-0.05, 0) is 95.6 Å². The Balaban J connectivity index is 1.22. The van der Waals surface area contributed by atoms with Gasteiger partial charge in [0, 0.05) is 28.3 Å². The first-order valence-electron chi connectivity index (χ1n) is 19.6. The molecule has 5 aliphatic rings. The highest BCUT2D eigenvalue weighted by Crippen LogP contribution is 2.64. The molecule has 0 atom stereocenters. The zero-order valence-electron chi connectivity index (χ0n) is 30.7. The van der Waals surface area contributed by atoms with E-state index in [1.807, 2.05) is 0 Å². The van der Waals surface area contributed by atoms with Crippen LogP contribution < -0.4 is 31.0 Å². The van der Waals surface area contributed by atoms with Crippen molar-refractivity contribution in [1.82, 2.24) is 0 Å². The first kappa shape index (κ1) is 30.0. The van der Waals surface area contributed by atoms with Crippen molar-refractivity contribution in [3.8, 4) is 33.4 Å². The van der Waals surface area contributed by atoms with E-state index in [-0.39, 0.29) is 6.85 Å². The van der Waals surface area contributed by atoms with Crippen molar-refractivity contribution in [1.29, 1.82) is 0 Å². The highest BCUT2D eigenvalue weighted by Gasteiger charge is 2.56. The molecule has 13 rings (SSSR count). The highest BCUT2D eigenvalue weighted by molar-refractivity contribution is 7.05. The van der Waals surface area contributed by atoms with Crippen LogP contribution in [0, 0.1) is 0 Å². The van der Waals surface area contributed by atoms with Crippen LogP contribution in [0.15, 0.2) is 176 Å². The van der Waals surface area contributed by atoms with Gasteiger partial charge in [-0.25, -0.2) is 0 Å². The molecule has 8 aromatic carbocycles. The predicted molar refractivity (Wildman–Crippen MR) is 233 cm³/mol. The minimum atomic E-state index is -2.04. The predicted octanol–water partition coefficient (Wildman–Crippen LogP) is 9.87. The van der Waals surface area contributed by atoms with E-state index in [4.69, 9.17) is 0 Å². The van der Waals surface area contributed by atoms with E-state index in [1.165, 1.54) is 105 Å². The van der Waals surface area contributed by atoms with Crippen molar-refractivity contribution >= 4 is 64.7 Å². The summed E-state index contributed by atoms with van der Waals surface area (Å²) in [5.41, 5.74) is 22.2. The third-order valence-corrected chi connectivity index (χ3v) is 17.1. The normalized spacial score (nSPS) is 16.0. The molecule has 0 N–H and O–H groups in total. The Bertz CT molecular complexity index is 2960. The van der Waals surface area contributed by atoms with Gasteiger partial charge in [-0.3, -0.25) is 0 Å². The summed E-state index contributed by atoms with van der Waals surface area (Å²) in [7, 11) is -2.04. The lowest BCUT2D eigenvalue weighted by atomic mass is 9.42. The zero-order chi connectivity index (χ0) is 36.2. The third kappa shape index (κ3) is 3.45. The SMILES string of the molecule is C[Si]1(C)c2ccccc2N2B3c4cccc5c4N(c4ccccc4C54c5ccccc5-c5ccccc54)c4cc(-c5ccccc5)cc(c43)-c3cccc1c32. The lowest BCUT2D eigenvalue weighted by Crippen LogP contribution is -2.69. The van der Waals surface area contributed by atoms with Crippen LogP contribution in [0.4, 0.5) is 28.4 Å². The van der Waals surface area contributed by atoms with Crippen LogP contribution in [0.3, 0.4) is 0 Å². The summed E-state index contributed by atoms with van der Waals surface area (Å²) in [5.74, 6) is 0. The Morgan fingerprint density at radius 3 is 1.82 bits per heavy atom. The summed E-state index contributed by atoms with van der Waals surface area (Å²) in [5, 5.41) is 3.03. The van der Waals surface area contributed by atoms with Crippen molar-refractivity contribution in [2.24, 2.45) is 0 Å². The molecule has 0 saturated carbocycles. The Morgan fingerprint density at radius 2 is 1.04 bits per heavy atom. The molecule has 0 unspecified atom stereocenters. The average Bonchev–Trinajstić information content (AvgIpc) is 3.53. The van der Waals surface area contributed by atoms with Gasteiger partial charge in [0.15, 0.2) is 0 Å². The topological polar surface area (TPSA) is 6.48 Å². The van der Waals surface area contributed by atoms with E-state index in [0.29, 0.717) is 0 Å². The summed E-state index contributed by atoms with van der Waals surface area (Å²) >= 11 is 0. The van der Waals surface area contributed by atoms with Crippen molar-refractivity contribution in [3.05, 3.63) is 198 Å². The molecule has 8 aromatic rings. The van der Waals surface area contributed by atoms with Gasteiger partial charge in [-0.2, -0.15) is 0 Å². The smallest absolute Gasteiger partial charge is 0.333 e. The maximum Gasteiger partial charge on any atom is 0.333 e. The van der Waals surface area contributed by atoms with Gasteiger partial charge in [0.05, 0.1) is 11.1 Å². The maximum absolute atomic E-state index is 2.75. The van der Waals surface area contributed by atoms with Gasteiger partial charge in [-0.1, -0.05) is 165 Å². The molecule has 4 heterocycles. The standard InChI is InChI=1S/C51H35BN2Si/c1-55(2)46-28-13-12-27-44(46)54-49-36(20-14-29-47(49)55)37-30-33(32-16-4-3-5-17-32)31-45-48(37)52(54)42-25-15-24-41-50(42)53(45)43-26-11-10-23-40(43)51(41)38-21-8-6-18-34(38)35-19-7-9-22-39(35)51/h3-31H,1-2H3. The molecule has 0 fully saturated rings. The van der Waals surface area contributed by atoms with Crippen molar-refractivity contribution in [2.45, 2.75) is 18.5 Å². The second-order valence-electron chi connectivity index (χ2n) is 16.4. The van der Waals surface area contributed by atoms with Gasteiger partial charge in [0.25, 0.3) is 0 Å². The van der Waals surface area contributed by atoms with Gasteiger partial charge >= 0.3 is 6.85 Å². The zero-order valence-corrected chi connectivity index (χ0v) is 31.7. The molecular weight excluding hydrogens is 679 g/mol. The van der Waals surface area contributed by atoms with Crippen molar-refractivity contribution in [3.63, 3.8) is 0 Å². The van der Waals surface area contributed by atoms with E-state index in [1.54, 1.807) is 0 Å². The van der Waals surface area contributed by atoms with Crippen LogP contribution in [0.2, 0.25) is 13.1 Å². The fourth-order valence-corrected chi connectivity index (χ4v) is 14.5. The Hall–Kier alpha value is -6.36. The molecule has 4 aliphatic heterocycles. The maximum atomic E-state index is 2.75. The van der Waals surface area contributed by atoms with Gasteiger partial charge < -0.3 is 9.71 Å². The molecule has 0 aromatic heterocycles. The second-order valence-corrected chi connectivity index (χ2v) is 20.7. The lowest BCUT2D eigenvalue weighted by molar-refractivity contribution is 0.753. The fraction of sp³-hybridized carbons (Fsp3) is 0.0588.